The summed E-state index contributed by atoms with van der Waals surface area (Å²) in [6.07, 6.45) is 0.648. The van der Waals surface area contributed by atoms with E-state index in [2.05, 4.69) is 51.3 Å². The van der Waals surface area contributed by atoms with Gasteiger partial charge >= 0.3 is 0 Å². The lowest BCUT2D eigenvalue weighted by Crippen LogP contribution is -2.27. The summed E-state index contributed by atoms with van der Waals surface area (Å²) in [5.74, 6) is -0.215. The standard InChI is InChI=1S/C26H32FN3O2S/c1-16-17(2)19(4)24(20(5)18(16)3)15-33-26(30-22-10-8-21(27)9-11-22)23(14-28)25(31)29-12-7-13-32-6/h8-11,30H,7,12-13,15H2,1-6H3,(H,29,31)/b26-23-. The molecule has 0 saturated carbocycles. The van der Waals surface area contributed by atoms with Crippen molar-refractivity contribution in [3.8, 4) is 6.07 Å². The van der Waals surface area contributed by atoms with Crippen molar-refractivity contribution in [2.24, 2.45) is 0 Å². The van der Waals surface area contributed by atoms with Gasteiger partial charge < -0.3 is 15.4 Å². The van der Waals surface area contributed by atoms with Gasteiger partial charge in [0.15, 0.2) is 0 Å². The molecule has 0 fully saturated rings. The molecule has 1 amide bonds. The monoisotopic (exact) mass is 469 g/mol. The fourth-order valence-corrected chi connectivity index (χ4v) is 4.68. The Hall–Kier alpha value is -2.82. The van der Waals surface area contributed by atoms with E-state index in [4.69, 9.17) is 4.74 Å². The molecule has 0 heterocycles. The maximum atomic E-state index is 13.4. The molecule has 0 unspecified atom stereocenters. The third-order valence-corrected chi connectivity index (χ3v) is 7.02. The molecule has 0 atom stereocenters. The molecule has 0 spiro atoms. The fraction of sp³-hybridized carbons (Fsp3) is 0.385. The number of hydrogen-bond donors (Lipinski definition) is 2. The van der Waals surface area contributed by atoms with Gasteiger partial charge in [0.25, 0.3) is 5.91 Å². The molecule has 7 heteroatoms. The average molecular weight is 470 g/mol. The van der Waals surface area contributed by atoms with Gasteiger partial charge in [0, 0.05) is 31.7 Å². The van der Waals surface area contributed by atoms with Crippen LogP contribution in [0.1, 0.15) is 39.8 Å². The second kappa shape index (κ2) is 12.4. The molecule has 33 heavy (non-hydrogen) atoms. The zero-order valence-corrected chi connectivity index (χ0v) is 21.0. The van der Waals surface area contributed by atoms with Gasteiger partial charge in [0.05, 0.1) is 5.03 Å². The Bertz CT molecular complexity index is 1040. The average Bonchev–Trinajstić information content (AvgIpc) is 2.80. The number of ether oxygens (including phenoxy) is 1. The van der Waals surface area contributed by atoms with Gasteiger partial charge in [-0.1, -0.05) is 0 Å². The highest BCUT2D eigenvalue weighted by Crippen LogP contribution is 2.33. The first-order valence-corrected chi connectivity index (χ1v) is 11.8. The van der Waals surface area contributed by atoms with E-state index < -0.39 is 5.91 Å². The minimum absolute atomic E-state index is 0.00222. The molecular weight excluding hydrogens is 437 g/mol. The highest BCUT2D eigenvalue weighted by atomic mass is 32.2. The molecular formula is C26H32FN3O2S. The van der Waals surface area contributed by atoms with Crippen LogP contribution in [-0.2, 0) is 15.3 Å². The van der Waals surface area contributed by atoms with Gasteiger partial charge in [0.1, 0.15) is 17.5 Å². The molecule has 2 aromatic rings. The van der Waals surface area contributed by atoms with Gasteiger partial charge in [-0.2, -0.15) is 5.26 Å². The van der Waals surface area contributed by atoms with Gasteiger partial charge in [0.2, 0.25) is 0 Å². The van der Waals surface area contributed by atoms with E-state index in [0.717, 1.165) is 0 Å². The number of nitrogens with one attached hydrogen (secondary N) is 2. The molecule has 0 radical (unpaired) electrons. The van der Waals surface area contributed by atoms with E-state index in [1.54, 1.807) is 19.2 Å². The smallest absolute Gasteiger partial charge is 0.264 e. The summed E-state index contributed by atoms with van der Waals surface area (Å²) in [5.41, 5.74) is 8.01. The van der Waals surface area contributed by atoms with E-state index in [0.29, 0.717) is 36.0 Å². The number of carbonyl (C=O) groups excluding carboxylic acids is 1. The van der Waals surface area contributed by atoms with E-state index in [-0.39, 0.29) is 11.4 Å². The van der Waals surface area contributed by atoms with Gasteiger partial charge in [-0.15, -0.1) is 11.8 Å². The Morgan fingerprint density at radius 1 is 1.03 bits per heavy atom. The van der Waals surface area contributed by atoms with Crippen LogP contribution >= 0.6 is 11.8 Å². The Morgan fingerprint density at radius 3 is 2.15 bits per heavy atom. The van der Waals surface area contributed by atoms with E-state index in [1.807, 2.05) is 0 Å². The summed E-state index contributed by atoms with van der Waals surface area (Å²) < 4.78 is 18.4. The molecule has 0 bridgehead atoms. The van der Waals surface area contributed by atoms with Crippen LogP contribution in [0.3, 0.4) is 0 Å². The number of carbonyl (C=O) groups is 1. The number of nitriles is 1. The third kappa shape index (κ3) is 6.83. The molecule has 0 aliphatic heterocycles. The van der Waals surface area contributed by atoms with Crippen LogP contribution in [0.25, 0.3) is 0 Å². The molecule has 2 aromatic carbocycles. The van der Waals surface area contributed by atoms with Crippen LogP contribution in [0.4, 0.5) is 10.1 Å². The molecule has 176 valence electrons. The zero-order valence-electron chi connectivity index (χ0n) is 20.2. The lowest BCUT2D eigenvalue weighted by atomic mass is 9.90. The van der Waals surface area contributed by atoms with Gasteiger partial charge in [-0.05, 0) is 98.7 Å². The number of amides is 1. The predicted octanol–water partition coefficient (Wildman–Crippen LogP) is 5.60. The first-order valence-electron chi connectivity index (χ1n) is 10.8. The number of rotatable bonds is 10. The van der Waals surface area contributed by atoms with Crippen molar-refractivity contribution in [1.82, 2.24) is 5.32 Å². The summed E-state index contributed by atoms with van der Waals surface area (Å²) in [7, 11) is 1.60. The number of anilines is 1. The van der Waals surface area contributed by atoms with Crippen molar-refractivity contribution in [2.75, 3.05) is 25.6 Å². The number of methoxy groups -OCH3 is 1. The predicted molar refractivity (Wildman–Crippen MR) is 134 cm³/mol. The SMILES string of the molecule is COCCCNC(=O)/C(C#N)=C(/Nc1ccc(F)cc1)SCc1c(C)c(C)c(C)c(C)c1C. The topological polar surface area (TPSA) is 74.1 Å². The van der Waals surface area contributed by atoms with Crippen LogP contribution in [0.15, 0.2) is 34.9 Å². The quantitative estimate of drug-likeness (QED) is 0.269. The van der Waals surface area contributed by atoms with Crippen molar-refractivity contribution < 1.29 is 13.9 Å². The summed E-state index contributed by atoms with van der Waals surface area (Å²) in [5, 5.41) is 16.2. The Morgan fingerprint density at radius 2 is 1.61 bits per heavy atom. The molecule has 0 aliphatic carbocycles. The number of halogens is 1. The van der Waals surface area contributed by atoms with Crippen molar-refractivity contribution in [3.05, 3.63) is 74.1 Å². The van der Waals surface area contributed by atoms with Crippen LogP contribution in [-0.4, -0.2) is 26.2 Å². The first-order chi connectivity index (χ1) is 15.7. The number of thioether (sulfide) groups is 1. The van der Waals surface area contributed by atoms with Crippen LogP contribution < -0.4 is 10.6 Å². The molecule has 5 nitrogen and oxygen atoms in total. The van der Waals surface area contributed by atoms with Gasteiger partial charge in [-0.3, -0.25) is 4.79 Å². The molecule has 0 aromatic heterocycles. The molecule has 2 N–H and O–H groups in total. The summed E-state index contributed by atoms with van der Waals surface area (Å²) in [4.78, 5) is 12.8. The second-order valence-corrected chi connectivity index (χ2v) is 8.93. The van der Waals surface area contributed by atoms with Crippen molar-refractivity contribution in [2.45, 2.75) is 46.8 Å². The van der Waals surface area contributed by atoms with Crippen molar-refractivity contribution in [3.63, 3.8) is 0 Å². The lowest BCUT2D eigenvalue weighted by molar-refractivity contribution is -0.117. The maximum Gasteiger partial charge on any atom is 0.264 e. The van der Waals surface area contributed by atoms with E-state index in [9.17, 15) is 14.4 Å². The minimum Gasteiger partial charge on any atom is -0.385 e. The third-order valence-electron chi connectivity index (χ3n) is 5.99. The normalized spacial score (nSPS) is 11.6. The highest BCUT2D eigenvalue weighted by Gasteiger charge is 2.19. The molecule has 0 saturated heterocycles. The van der Waals surface area contributed by atoms with E-state index >= 15 is 0 Å². The minimum atomic E-state index is -0.449. The van der Waals surface area contributed by atoms with Crippen molar-refractivity contribution >= 4 is 23.4 Å². The number of nitrogens with zero attached hydrogens (tertiary/aromatic N) is 1. The molecule has 0 aliphatic rings. The maximum absolute atomic E-state index is 13.4. The van der Waals surface area contributed by atoms with Gasteiger partial charge in [-0.25, -0.2) is 4.39 Å². The zero-order chi connectivity index (χ0) is 24.5. The summed E-state index contributed by atoms with van der Waals surface area (Å²) in [6.45, 7) is 11.5. The van der Waals surface area contributed by atoms with E-state index in [1.165, 1.54) is 57.3 Å². The number of benzene rings is 2. The summed E-state index contributed by atoms with van der Waals surface area (Å²) in [6, 6.07) is 7.89. The number of hydrogen-bond acceptors (Lipinski definition) is 5. The fourth-order valence-electron chi connectivity index (χ4n) is 3.49. The first kappa shape index (κ1) is 26.4. The Balaban J connectivity index is 2.39. The summed E-state index contributed by atoms with van der Waals surface area (Å²) >= 11 is 1.40. The van der Waals surface area contributed by atoms with Crippen molar-refractivity contribution in [1.29, 1.82) is 5.26 Å². The Labute approximate surface area is 200 Å². The van der Waals surface area contributed by atoms with Crippen LogP contribution in [0.5, 0.6) is 0 Å². The van der Waals surface area contributed by atoms with Crippen LogP contribution in [0, 0.1) is 51.8 Å². The highest BCUT2D eigenvalue weighted by molar-refractivity contribution is 8.02. The largest absolute Gasteiger partial charge is 0.385 e. The second-order valence-electron chi connectivity index (χ2n) is 7.94. The molecule has 2 rings (SSSR count). The Kier molecular flexibility index (Phi) is 9.95. The lowest BCUT2D eigenvalue weighted by Gasteiger charge is -2.20. The van der Waals surface area contributed by atoms with Crippen LogP contribution in [0.2, 0.25) is 0 Å².